The molecule has 0 unspecified atom stereocenters. The minimum absolute atomic E-state index is 0.0778. The van der Waals surface area contributed by atoms with E-state index in [1.807, 2.05) is 5.32 Å². The maximum absolute atomic E-state index is 13.0. The summed E-state index contributed by atoms with van der Waals surface area (Å²) in [6.07, 6.45) is -4.45. The van der Waals surface area contributed by atoms with E-state index in [2.05, 4.69) is 10.2 Å². The minimum atomic E-state index is -4.58. The molecule has 0 aromatic carbocycles. The normalized spacial score (nSPS) is 18.9. The molecular formula is C16H21ClF3N5O3. The topological polar surface area (TPSA) is 110 Å². The molecule has 2 heterocycles. The minimum Gasteiger partial charge on any atom is -0.382 e. The van der Waals surface area contributed by atoms with Crippen LogP contribution in [0, 0.1) is 5.41 Å². The van der Waals surface area contributed by atoms with Crippen LogP contribution in [0.1, 0.15) is 31.1 Å². The van der Waals surface area contributed by atoms with Crippen LogP contribution in [0.4, 0.5) is 18.0 Å². The maximum Gasteiger partial charge on any atom is 0.410 e. The molecule has 1 aromatic rings. The molecular weight excluding hydrogens is 403 g/mol. The molecule has 1 aliphatic rings. The highest BCUT2D eigenvalue weighted by atomic mass is 35.5. The van der Waals surface area contributed by atoms with Gasteiger partial charge >= 0.3 is 12.2 Å². The van der Waals surface area contributed by atoms with Gasteiger partial charge in [-0.25, -0.2) is 4.79 Å². The van der Waals surface area contributed by atoms with Gasteiger partial charge in [0.15, 0.2) is 5.15 Å². The molecule has 2 rings (SSSR count). The predicted octanol–water partition coefficient (Wildman–Crippen LogP) is 1.83. The summed E-state index contributed by atoms with van der Waals surface area (Å²) in [4.78, 5) is 24.7. The molecule has 1 saturated heterocycles. The molecule has 0 radical (unpaired) electrons. The van der Waals surface area contributed by atoms with Crippen LogP contribution in [-0.4, -0.2) is 59.5 Å². The summed E-state index contributed by atoms with van der Waals surface area (Å²) in [7, 11) is 1.35. The van der Waals surface area contributed by atoms with Gasteiger partial charge in [0.1, 0.15) is 6.04 Å². The van der Waals surface area contributed by atoms with E-state index in [0.717, 1.165) is 4.90 Å². The first-order valence-corrected chi connectivity index (χ1v) is 8.69. The Morgan fingerprint density at radius 1 is 1.46 bits per heavy atom. The highest BCUT2D eigenvalue weighted by molar-refractivity contribution is 6.30. The Labute approximate surface area is 164 Å². The second-order valence-corrected chi connectivity index (χ2v) is 7.53. The number of carbonyl (C=O) groups excluding carboxylic acids is 2. The Morgan fingerprint density at radius 2 is 2.11 bits per heavy atom. The third kappa shape index (κ3) is 4.82. The van der Waals surface area contributed by atoms with Gasteiger partial charge in [0, 0.05) is 24.5 Å². The Bertz CT molecular complexity index is 760. The van der Waals surface area contributed by atoms with Crippen molar-refractivity contribution in [3.05, 3.63) is 22.5 Å². The number of primary amides is 1. The molecule has 0 saturated carbocycles. The van der Waals surface area contributed by atoms with Crippen LogP contribution < -0.4 is 11.1 Å². The van der Waals surface area contributed by atoms with Crippen molar-refractivity contribution >= 4 is 23.5 Å². The Kier molecular flexibility index (Phi) is 6.39. The van der Waals surface area contributed by atoms with Gasteiger partial charge in [0.25, 0.3) is 0 Å². The first-order chi connectivity index (χ1) is 12.9. The van der Waals surface area contributed by atoms with Gasteiger partial charge in [-0.1, -0.05) is 25.4 Å². The highest BCUT2D eigenvalue weighted by Crippen LogP contribution is 2.33. The lowest BCUT2D eigenvalue weighted by Crippen LogP contribution is -2.40. The van der Waals surface area contributed by atoms with Gasteiger partial charge in [-0.2, -0.15) is 18.3 Å². The number of urea groups is 1. The molecule has 156 valence electrons. The van der Waals surface area contributed by atoms with Crippen molar-refractivity contribution in [2.75, 3.05) is 20.3 Å². The van der Waals surface area contributed by atoms with Crippen LogP contribution in [0.25, 0.3) is 0 Å². The number of ether oxygens (including phenoxy) is 1. The molecule has 1 fully saturated rings. The zero-order chi connectivity index (χ0) is 21.3. The molecule has 1 aromatic heterocycles. The number of methoxy groups -OCH3 is 1. The summed E-state index contributed by atoms with van der Waals surface area (Å²) in [5.74, 6) is -0.550. The number of alkyl halides is 3. The molecule has 8 nitrogen and oxygen atoms in total. The molecule has 0 spiro atoms. The van der Waals surface area contributed by atoms with Gasteiger partial charge < -0.3 is 20.7 Å². The summed E-state index contributed by atoms with van der Waals surface area (Å²) < 4.78 is 44.1. The maximum atomic E-state index is 13.0. The monoisotopic (exact) mass is 423 g/mol. The zero-order valence-corrected chi connectivity index (χ0v) is 16.3. The number of hydrogen-bond donors (Lipinski definition) is 2. The average Bonchev–Trinajstić information content (AvgIpc) is 2.96. The molecule has 1 aliphatic heterocycles. The second kappa shape index (κ2) is 8.08. The van der Waals surface area contributed by atoms with Gasteiger partial charge in [-0.05, 0) is 6.07 Å². The number of aromatic nitrogens is 2. The fourth-order valence-electron chi connectivity index (χ4n) is 2.81. The van der Waals surface area contributed by atoms with Gasteiger partial charge in [0.2, 0.25) is 5.91 Å². The number of nitrogens with two attached hydrogens (primary N) is 1. The van der Waals surface area contributed by atoms with Crippen molar-refractivity contribution in [1.29, 1.82) is 0 Å². The lowest BCUT2D eigenvalue weighted by molar-refractivity contribution is -0.150. The van der Waals surface area contributed by atoms with Crippen LogP contribution in [0.5, 0.6) is 0 Å². The third-order valence-corrected chi connectivity index (χ3v) is 4.80. The molecule has 2 atom stereocenters. The first kappa shape index (κ1) is 22.2. The highest BCUT2D eigenvalue weighted by Gasteiger charge is 2.48. The number of nitrogens with one attached hydrogen (secondary N) is 1. The van der Waals surface area contributed by atoms with E-state index in [-0.39, 0.29) is 23.7 Å². The standard InChI is InChI=1S/C16H21ClF3N5O3/c1-15(2,13(21)26)5-8-4-9(12(17)24-23-8)10(7-28-3)25-6-11(16(18,19)20)22-14(25)27/h4,10-11H,5-7H2,1-3H3,(H2,21,26)(H,22,27)/t10-,11+/m1/s1. The number of hydrogen-bond acceptors (Lipinski definition) is 5. The molecule has 0 aliphatic carbocycles. The SMILES string of the molecule is COC[C@H](c1cc(CC(C)(C)C(N)=O)nnc1Cl)N1C[C@@H](C(F)(F)F)NC1=O. The van der Waals surface area contributed by atoms with Crippen molar-refractivity contribution in [2.24, 2.45) is 11.1 Å². The number of nitrogens with zero attached hydrogens (tertiary/aromatic N) is 3. The lowest BCUT2D eigenvalue weighted by Gasteiger charge is -2.28. The van der Waals surface area contributed by atoms with E-state index in [9.17, 15) is 22.8 Å². The summed E-state index contributed by atoms with van der Waals surface area (Å²) in [5, 5.41) is 9.56. The Morgan fingerprint density at radius 3 is 2.61 bits per heavy atom. The van der Waals surface area contributed by atoms with Crippen LogP contribution in [0.3, 0.4) is 0 Å². The van der Waals surface area contributed by atoms with Crippen LogP contribution in [0.15, 0.2) is 6.07 Å². The van der Waals surface area contributed by atoms with E-state index in [0.29, 0.717) is 5.69 Å². The number of amides is 3. The lowest BCUT2D eigenvalue weighted by atomic mass is 9.86. The van der Waals surface area contributed by atoms with Gasteiger partial charge in [-0.3, -0.25) is 4.79 Å². The van der Waals surface area contributed by atoms with Crippen LogP contribution in [0.2, 0.25) is 5.15 Å². The molecule has 3 N–H and O–H groups in total. The molecule has 0 bridgehead atoms. The fraction of sp³-hybridized carbons (Fsp3) is 0.625. The second-order valence-electron chi connectivity index (χ2n) is 7.17. The predicted molar refractivity (Wildman–Crippen MR) is 93.4 cm³/mol. The van der Waals surface area contributed by atoms with Crippen molar-refractivity contribution in [2.45, 2.75) is 38.5 Å². The van der Waals surface area contributed by atoms with E-state index in [1.54, 1.807) is 13.8 Å². The van der Waals surface area contributed by atoms with Gasteiger partial charge in [-0.15, -0.1) is 5.10 Å². The zero-order valence-electron chi connectivity index (χ0n) is 15.5. The number of halogens is 4. The summed E-state index contributed by atoms with van der Waals surface area (Å²) >= 11 is 6.11. The summed E-state index contributed by atoms with van der Waals surface area (Å²) in [6.45, 7) is 2.54. The first-order valence-electron chi connectivity index (χ1n) is 8.31. The Balaban J connectivity index is 2.37. The van der Waals surface area contributed by atoms with Crippen molar-refractivity contribution in [3.8, 4) is 0 Å². The largest absolute Gasteiger partial charge is 0.410 e. The van der Waals surface area contributed by atoms with E-state index >= 15 is 0 Å². The van der Waals surface area contributed by atoms with Crippen molar-refractivity contribution in [1.82, 2.24) is 20.4 Å². The van der Waals surface area contributed by atoms with Gasteiger partial charge in [0.05, 0.1) is 24.9 Å². The van der Waals surface area contributed by atoms with E-state index in [1.165, 1.54) is 13.2 Å². The number of carbonyl (C=O) groups is 2. The number of rotatable bonds is 7. The third-order valence-electron chi connectivity index (χ3n) is 4.51. The van der Waals surface area contributed by atoms with E-state index in [4.69, 9.17) is 22.1 Å². The molecule has 28 heavy (non-hydrogen) atoms. The Hall–Kier alpha value is -2.14. The van der Waals surface area contributed by atoms with E-state index < -0.39 is 42.2 Å². The van der Waals surface area contributed by atoms with Crippen molar-refractivity contribution < 1.29 is 27.5 Å². The molecule has 3 amide bonds. The summed E-state index contributed by atoms with van der Waals surface area (Å²) in [6, 6.07) is -2.31. The van der Waals surface area contributed by atoms with Crippen LogP contribution in [-0.2, 0) is 16.0 Å². The van der Waals surface area contributed by atoms with Crippen molar-refractivity contribution in [3.63, 3.8) is 0 Å². The average molecular weight is 424 g/mol. The smallest absolute Gasteiger partial charge is 0.382 e. The fourth-order valence-corrected chi connectivity index (χ4v) is 3.03. The molecule has 12 heteroatoms. The van der Waals surface area contributed by atoms with Crippen LogP contribution >= 0.6 is 11.6 Å². The quantitative estimate of drug-likeness (QED) is 0.695. The summed E-state index contributed by atoms with van der Waals surface area (Å²) in [5.41, 5.74) is 5.07.